The van der Waals surface area contributed by atoms with E-state index in [1.54, 1.807) is 0 Å². The number of amides is 1. The van der Waals surface area contributed by atoms with Crippen LogP contribution in [0, 0.1) is 13.8 Å². The molecule has 0 unspecified atom stereocenters. The molecule has 1 aromatic heterocycles. The Labute approximate surface area is 133 Å². The molecule has 0 radical (unpaired) electrons. The Morgan fingerprint density at radius 1 is 1.18 bits per heavy atom. The van der Waals surface area contributed by atoms with E-state index in [2.05, 4.69) is 21.8 Å². The molecule has 3 heterocycles. The molecule has 5 nitrogen and oxygen atoms in total. The normalized spacial score (nSPS) is 26.1. The Balaban J connectivity index is 1.85. The van der Waals surface area contributed by atoms with E-state index in [1.165, 1.54) is 19.4 Å². The summed E-state index contributed by atoms with van der Waals surface area (Å²) >= 11 is 0. The van der Waals surface area contributed by atoms with Gasteiger partial charge in [0.2, 0.25) is 0 Å². The van der Waals surface area contributed by atoms with Crippen molar-refractivity contribution >= 4 is 5.91 Å². The number of hydrogen-bond donors (Lipinski definition) is 0. The Kier molecular flexibility index (Phi) is 4.26. The minimum absolute atomic E-state index is 0.188. The van der Waals surface area contributed by atoms with Gasteiger partial charge in [0.15, 0.2) is 0 Å². The third kappa shape index (κ3) is 2.45. The summed E-state index contributed by atoms with van der Waals surface area (Å²) in [6, 6.07) is 0.933. The van der Waals surface area contributed by atoms with Gasteiger partial charge < -0.3 is 4.90 Å². The first-order valence-corrected chi connectivity index (χ1v) is 8.59. The molecule has 0 saturated carbocycles. The molecular formula is C17H28N4O. The highest BCUT2D eigenvalue weighted by Crippen LogP contribution is 2.31. The molecule has 122 valence electrons. The lowest BCUT2D eigenvalue weighted by molar-refractivity contribution is 0.0648. The van der Waals surface area contributed by atoms with Gasteiger partial charge in [-0.2, -0.15) is 5.10 Å². The van der Waals surface area contributed by atoms with Gasteiger partial charge in [-0.3, -0.25) is 14.4 Å². The van der Waals surface area contributed by atoms with E-state index in [9.17, 15) is 4.79 Å². The Bertz CT molecular complexity index is 565. The molecule has 2 saturated heterocycles. The van der Waals surface area contributed by atoms with Gasteiger partial charge in [-0.1, -0.05) is 6.92 Å². The van der Waals surface area contributed by atoms with Gasteiger partial charge in [-0.15, -0.1) is 0 Å². The van der Waals surface area contributed by atoms with Crippen molar-refractivity contribution < 1.29 is 4.79 Å². The van der Waals surface area contributed by atoms with Crippen LogP contribution >= 0.6 is 0 Å². The molecule has 0 bridgehead atoms. The lowest BCUT2D eigenvalue weighted by Gasteiger charge is -2.34. The Morgan fingerprint density at radius 3 is 2.50 bits per heavy atom. The highest BCUT2D eigenvalue weighted by molar-refractivity contribution is 5.96. The third-order valence-electron chi connectivity index (χ3n) is 5.55. The minimum Gasteiger partial charge on any atom is -0.334 e. The first-order valence-electron chi connectivity index (χ1n) is 8.59. The zero-order valence-electron chi connectivity index (χ0n) is 14.3. The zero-order valence-corrected chi connectivity index (χ0v) is 14.3. The zero-order chi connectivity index (χ0) is 15.9. The highest BCUT2D eigenvalue weighted by atomic mass is 16.2. The van der Waals surface area contributed by atoms with E-state index in [1.807, 2.05) is 25.6 Å². The van der Waals surface area contributed by atoms with Gasteiger partial charge >= 0.3 is 0 Å². The van der Waals surface area contributed by atoms with Crippen molar-refractivity contribution in [2.75, 3.05) is 19.6 Å². The number of nitrogens with zero attached hydrogens (tertiary/aromatic N) is 4. The summed E-state index contributed by atoms with van der Waals surface area (Å²) in [7, 11) is 1.91. The van der Waals surface area contributed by atoms with Crippen LogP contribution in [0.2, 0.25) is 0 Å². The summed E-state index contributed by atoms with van der Waals surface area (Å²) in [6.07, 6.45) is 4.77. The Hall–Kier alpha value is -1.36. The first-order chi connectivity index (χ1) is 10.5. The average molecular weight is 304 g/mol. The number of rotatable bonds is 3. The smallest absolute Gasteiger partial charge is 0.257 e. The van der Waals surface area contributed by atoms with E-state index >= 15 is 0 Å². The summed E-state index contributed by atoms with van der Waals surface area (Å²) in [5.74, 6) is 0.188. The van der Waals surface area contributed by atoms with Crippen molar-refractivity contribution in [2.45, 2.75) is 58.5 Å². The number of aromatic nitrogens is 2. The van der Waals surface area contributed by atoms with E-state index in [4.69, 9.17) is 0 Å². The summed E-state index contributed by atoms with van der Waals surface area (Å²) in [6.45, 7) is 9.34. The van der Waals surface area contributed by atoms with Gasteiger partial charge in [0.05, 0.1) is 11.3 Å². The first kappa shape index (κ1) is 15.5. The van der Waals surface area contributed by atoms with E-state index in [-0.39, 0.29) is 5.91 Å². The second-order valence-electron chi connectivity index (χ2n) is 6.72. The maximum atomic E-state index is 13.1. The molecule has 2 atom stereocenters. The molecule has 1 amide bonds. The van der Waals surface area contributed by atoms with Crippen LogP contribution in [-0.4, -0.2) is 57.2 Å². The Morgan fingerprint density at radius 2 is 1.86 bits per heavy atom. The van der Waals surface area contributed by atoms with Gasteiger partial charge in [0.1, 0.15) is 0 Å². The lowest BCUT2D eigenvalue weighted by atomic mass is 10.0. The number of likely N-dealkylation sites (N-methyl/N-ethyl adjacent to an activating group) is 1. The van der Waals surface area contributed by atoms with Crippen LogP contribution in [-0.2, 0) is 7.05 Å². The van der Waals surface area contributed by atoms with E-state index < -0.39 is 0 Å². The van der Waals surface area contributed by atoms with Crippen LogP contribution in [0.15, 0.2) is 0 Å². The van der Waals surface area contributed by atoms with Crippen LogP contribution in [0.4, 0.5) is 0 Å². The summed E-state index contributed by atoms with van der Waals surface area (Å²) in [5, 5.41) is 4.42. The van der Waals surface area contributed by atoms with Crippen LogP contribution in [0.5, 0.6) is 0 Å². The molecular weight excluding hydrogens is 276 g/mol. The van der Waals surface area contributed by atoms with Gasteiger partial charge in [0, 0.05) is 31.4 Å². The second-order valence-corrected chi connectivity index (χ2v) is 6.72. The molecule has 0 spiro atoms. The summed E-state index contributed by atoms with van der Waals surface area (Å²) in [5.41, 5.74) is 2.65. The minimum atomic E-state index is 0.188. The molecule has 22 heavy (non-hydrogen) atoms. The summed E-state index contributed by atoms with van der Waals surface area (Å²) in [4.78, 5) is 17.8. The maximum absolute atomic E-state index is 13.1. The quantitative estimate of drug-likeness (QED) is 0.859. The van der Waals surface area contributed by atoms with E-state index in [0.717, 1.165) is 42.9 Å². The SMILES string of the molecule is CCN1CCC[C@@H]1[C@@H]1CCCN1C(=O)c1c(C)nn(C)c1C. The van der Waals surface area contributed by atoms with Crippen LogP contribution in [0.3, 0.4) is 0 Å². The third-order valence-corrected chi connectivity index (χ3v) is 5.55. The van der Waals surface area contributed by atoms with Crippen LogP contribution < -0.4 is 0 Å². The molecule has 0 N–H and O–H groups in total. The fraction of sp³-hybridized carbons (Fsp3) is 0.765. The molecule has 3 rings (SSSR count). The molecule has 5 heteroatoms. The van der Waals surface area contributed by atoms with Crippen molar-refractivity contribution in [2.24, 2.45) is 7.05 Å². The van der Waals surface area contributed by atoms with Crippen LogP contribution in [0.25, 0.3) is 0 Å². The molecule has 2 aliphatic heterocycles. The number of aryl methyl sites for hydroxylation is 2. The maximum Gasteiger partial charge on any atom is 0.257 e. The summed E-state index contributed by atoms with van der Waals surface area (Å²) < 4.78 is 1.82. The number of carbonyl (C=O) groups is 1. The predicted octanol–water partition coefficient (Wildman–Crippen LogP) is 2.13. The van der Waals surface area contributed by atoms with Gasteiger partial charge in [0.25, 0.3) is 5.91 Å². The molecule has 0 aliphatic carbocycles. The van der Waals surface area contributed by atoms with Crippen molar-refractivity contribution in [3.63, 3.8) is 0 Å². The van der Waals surface area contributed by atoms with E-state index in [0.29, 0.717) is 12.1 Å². The molecule has 2 aliphatic rings. The van der Waals surface area contributed by atoms with Crippen LogP contribution in [0.1, 0.15) is 54.4 Å². The van der Waals surface area contributed by atoms with Gasteiger partial charge in [-0.25, -0.2) is 0 Å². The fourth-order valence-electron chi connectivity index (χ4n) is 4.35. The molecule has 2 fully saturated rings. The predicted molar refractivity (Wildman–Crippen MR) is 87.0 cm³/mol. The number of hydrogen-bond acceptors (Lipinski definition) is 3. The van der Waals surface area contributed by atoms with Crippen molar-refractivity contribution in [3.05, 3.63) is 17.0 Å². The van der Waals surface area contributed by atoms with Gasteiger partial charge in [-0.05, 0) is 52.6 Å². The fourth-order valence-corrected chi connectivity index (χ4v) is 4.35. The monoisotopic (exact) mass is 304 g/mol. The lowest BCUT2D eigenvalue weighted by Crippen LogP contribution is -2.48. The largest absolute Gasteiger partial charge is 0.334 e. The van der Waals surface area contributed by atoms with Crippen molar-refractivity contribution in [1.82, 2.24) is 19.6 Å². The molecule has 1 aromatic rings. The highest BCUT2D eigenvalue weighted by Gasteiger charge is 2.40. The number of carbonyl (C=O) groups excluding carboxylic acids is 1. The van der Waals surface area contributed by atoms with Crippen molar-refractivity contribution in [1.29, 1.82) is 0 Å². The standard InChI is InChI=1S/C17H28N4O/c1-5-20-10-6-8-14(20)15-9-7-11-21(15)17(22)16-12(2)18-19(4)13(16)3/h14-15H,5-11H2,1-4H3/t14-,15+/m1/s1. The second kappa shape index (κ2) is 6.03. The van der Waals surface area contributed by atoms with Crippen molar-refractivity contribution in [3.8, 4) is 0 Å². The molecule has 0 aromatic carbocycles. The average Bonchev–Trinajstić information content (AvgIpc) is 3.18. The topological polar surface area (TPSA) is 41.4 Å². The number of likely N-dealkylation sites (tertiary alicyclic amines) is 2.